The Morgan fingerprint density at radius 3 is 2.67 bits per heavy atom. The number of thiophene rings is 1. The molecule has 2 heterocycles. The number of thioether (sulfide) groups is 1. The van der Waals surface area contributed by atoms with Crippen LogP contribution in [0.5, 0.6) is 0 Å². The molecular weight excluding hydrogens is 340 g/mol. The number of carboxylic acids is 1. The van der Waals surface area contributed by atoms with Crippen LogP contribution in [0.3, 0.4) is 0 Å². The van der Waals surface area contributed by atoms with Crippen molar-refractivity contribution >= 4 is 39.3 Å². The lowest BCUT2D eigenvalue weighted by Crippen LogP contribution is -1.95. The second-order valence-electron chi connectivity index (χ2n) is 5.60. The molecule has 2 aromatic heterocycles. The normalized spacial score (nSPS) is 11.1. The van der Waals surface area contributed by atoms with Gasteiger partial charge in [-0.15, -0.1) is 23.1 Å². The van der Waals surface area contributed by atoms with Crippen LogP contribution in [0.4, 0.5) is 0 Å². The first-order valence-electron chi connectivity index (χ1n) is 7.72. The van der Waals surface area contributed by atoms with E-state index in [4.69, 9.17) is 5.11 Å². The van der Waals surface area contributed by atoms with Crippen molar-refractivity contribution in [1.29, 1.82) is 0 Å². The molecule has 3 aromatic rings. The van der Waals surface area contributed by atoms with Crippen molar-refractivity contribution in [2.24, 2.45) is 0 Å². The summed E-state index contributed by atoms with van der Waals surface area (Å²) < 4.78 is 0. The third-order valence-electron chi connectivity index (χ3n) is 3.74. The van der Waals surface area contributed by atoms with E-state index in [1.807, 2.05) is 0 Å². The van der Waals surface area contributed by atoms with E-state index < -0.39 is 5.97 Å². The predicted octanol–water partition coefficient (Wildman–Crippen LogP) is 4.93. The van der Waals surface area contributed by atoms with E-state index in [1.54, 1.807) is 29.4 Å². The second kappa shape index (κ2) is 7.32. The molecule has 0 aliphatic carbocycles. The number of rotatable bonds is 6. The lowest BCUT2D eigenvalue weighted by molar-refractivity contribution is -0.137. The monoisotopic (exact) mass is 358 g/mol. The maximum absolute atomic E-state index is 10.7. The molecule has 0 unspecified atom stereocenters. The first-order valence-corrected chi connectivity index (χ1v) is 9.52. The average Bonchev–Trinajstić information content (AvgIpc) is 2.89. The van der Waals surface area contributed by atoms with Crippen LogP contribution in [0.15, 0.2) is 35.6 Å². The Bertz CT molecular complexity index is 873. The van der Waals surface area contributed by atoms with Gasteiger partial charge >= 0.3 is 5.97 Å². The number of nitrogens with zero attached hydrogens (tertiary/aromatic N) is 2. The minimum absolute atomic E-state index is 0.189. The van der Waals surface area contributed by atoms with Gasteiger partial charge in [0, 0.05) is 22.6 Å². The van der Waals surface area contributed by atoms with Crippen LogP contribution in [-0.4, -0.2) is 26.8 Å². The van der Waals surface area contributed by atoms with Crippen LogP contribution in [0.2, 0.25) is 0 Å². The Hall–Kier alpha value is -1.92. The lowest BCUT2D eigenvalue weighted by atomic mass is 10.0. The van der Waals surface area contributed by atoms with Gasteiger partial charge in [-0.05, 0) is 25.8 Å². The van der Waals surface area contributed by atoms with E-state index in [2.05, 4.69) is 48.1 Å². The summed E-state index contributed by atoms with van der Waals surface area (Å²) in [5.74, 6) is -0.0177. The van der Waals surface area contributed by atoms with E-state index >= 15 is 0 Å². The highest BCUT2D eigenvalue weighted by atomic mass is 32.2. The van der Waals surface area contributed by atoms with Gasteiger partial charge in [0.15, 0.2) is 0 Å². The molecule has 3 rings (SSSR count). The van der Waals surface area contributed by atoms with Crippen LogP contribution in [0.25, 0.3) is 21.3 Å². The highest BCUT2D eigenvalue weighted by Crippen LogP contribution is 2.41. The first-order chi connectivity index (χ1) is 11.6. The number of carbonyl (C=O) groups is 1. The quantitative estimate of drug-likeness (QED) is 0.384. The Kier molecular flexibility index (Phi) is 5.16. The molecule has 0 amide bonds. The van der Waals surface area contributed by atoms with Crippen LogP contribution in [0, 0.1) is 13.8 Å². The SMILES string of the molecule is Cc1ccc(-c2c(C)sc3ncnc(SCCCC(=O)O)c23)cc1. The Labute approximate surface area is 149 Å². The van der Waals surface area contributed by atoms with Gasteiger partial charge in [0.25, 0.3) is 0 Å². The molecule has 124 valence electrons. The van der Waals surface area contributed by atoms with Crippen LogP contribution in [0.1, 0.15) is 23.3 Å². The molecule has 1 aromatic carbocycles. The molecule has 1 N–H and O–H groups in total. The number of aliphatic carboxylic acids is 1. The number of fused-ring (bicyclic) bond motifs is 1. The molecule has 0 saturated carbocycles. The van der Waals surface area contributed by atoms with Crippen molar-refractivity contribution in [1.82, 2.24) is 9.97 Å². The standard InChI is InChI=1S/C18H18N2O2S2/c1-11-5-7-13(8-6-11)15-12(2)24-18-16(15)17(19-10-20-18)23-9-3-4-14(21)22/h5-8,10H,3-4,9H2,1-2H3,(H,21,22). The number of carboxylic acid groups (broad SMARTS) is 1. The van der Waals surface area contributed by atoms with Crippen molar-refractivity contribution in [3.05, 3.63) is 41.0 Å². The molecule has 24 heavy (non-hydrogen) atoms. The summed E-state index contributed by atoms with van der Waals surface area (Å²) in [4.78, 5) is 21.7. The number of aromatic nitrogens is 2. The molecule has 0 spiro atoms. The fraction of sp³-hybridized carbons (Fsp3) is 0.278. The molecule has 0 bridgehead atoms. The molecule has 0 saturated heterocycles. The van der Waals surface area contributed by atoms with Crippen LogP contribution >= 0.6 is 23.1 Å². The zero-order valence-electron chi connectivity index (χ0n) is 13.6. The highest BCUT2D eigenvalue weighted by Gasteiger charge is 2.16. The molecule has 0 aliphatic heterocycles. The number of benzene rings is 1. The van der Waals surface area contributed by atoms with Crippen molar-refractivity contribution in [3.8, 4) is 11.1 Å². The van der Waals surface area contributed by atoms with Gasteiger partial charge < -0.3 is 5.11 Å². The predicted molar refractivity (Wildman–Crippen MR) is 99.9 cm³/mol. The zero-order valence-corrected chi connectivity index (χ0v) is 15.2. The third kappa shape index (κ3) is 3.60. The number of aryl methyl sites for hydroxylation is 2. The fourth-order valence-electron chi connectivity index (χ4n) is 2.59. The Morgan fingerprint density at radius 2 is 1.96 bits per heavy atom. The minimum Gasteiger partial charge on any atom is -0.481 e. The Morgan fingerprint density at radius 1 is 1.21 bits per heavy atom. The van der Waals surface area contributed by atoms with E-state index in [0.29, 0.717) is 6.42 Å². The minimum atomic E-state index is -0.754. The third-order valence-corrected chi connectivity index (χ3v) is 5.83. The maximum atomic E-state index is 10.7. The van der Waals surface area contributed by atoms with Crippen LogP contribution < -0.4 is 0 Å². The summed E-state index contributed by atoms with van der Waals surface area (Å²) >= 11 is 3.29. The summed E-state index contributed by atoms with van der Waals surface area (Å²) in [6, 6.07) is 8.49. The maximum Gasteiger partial charge on any atom is 0.303 e. The van der Waals surface area contributed by atoms with E-state index in [0.717, 1.165) is 21.0 Å². The molecule has 0 radical (unpaired) electrons. The van der Waals surface area contributed by atoms with Gasteiger partial charge in [-0.25, -0.2) is 9.97 Å². The summed E-state index contributed by atoms with van der Waals surface area (Å²) in [6.45, 7) is 4.19. The van der Waals surface area contributed by atoms with E-state index in [-0.39, 0.29) is 6.42 Å². The molecule has 0 fully saturated rings. The van der Waals surface area contributed by atoms with E-state index in [1.165, 1.54) is 21.6 Å². The van der Waals surface area contributed by atoms with Gasteiger partial charge in [0.2, 0.25) is 0 Å². The summed E-state index contributed by atoms with van der Waals surface area (Å²) in [5.41, 5.74) is 3.60. The lowest BCUT2D eigenvalue weighted by Gasteiger charge is -2.06. The molecule has 6 heteroatoms. The van der Waals surface area contributed by atoms with Gasteiger partial charge in [0.1, 0.15) is 16.2 Å². The fourth-order valence-corrected chi connectivity index (χ4v) is 4.61. The number of hydrogen-bond donors (Lipinski definition) is 1. The van der Waals surface area contributed by atoms with Crippen molar-refractivity contribution < 1.29 is 9.90 Å². The second-order valence-corrected chi connectivity index (χ2v) is 7.89. The zero-order chi connectivity index (χ0) is 17.1. The van der Waals surface area contributed by atoms with Crippen molar-refractivity contribution in [2.75, 3.05) is 5.75 Å². The molecule has 4 nitrogen and oxygen atoms in total. The topological polar surface area (TPSA) is 63.1 Å². The van der Waals surface area contributed by atoms with Gasteiger partial charge in [-0.2, -0.15) is 0 Å². The van der Waals surface area contributed by atoms with Gasteiger partial charge in [-0.1, -0.05) is 29.8 Å². The summed E-state index contributed by atoms with van der Waals surface area (Å²) in [5, 5.41) is 10.8. The molecule has 0 atom stereocenters. The largest absolute Gasteiger partial charge is 0.481 e. The average molecular weight is 358 g/mol. The summed E-state index contributed by atoms with van der Waals surface area (Å²) in [7, 11) is 0. The molecular formula is C18H18N2O2S2. The van der Waals surface area contributed by atoms with Crippen LogP contribution in [-0.2, 0) is 4.79 Å². The summed E-state index contributed by atoms with van der Waals surface area (Å²) in [6.07, 6.45) is 2.42. The first kappa shape index (κ1) is 16.9. The Balaban J connectivity index is 1.98. The smallest absolute Gasteiger partial charge is 0.303 e. The van der Waals surface area contributed by atoms with Gasteiger partial charge in [0.05, 0.1) is 5.39 Å². The van der Waals surface area contributed by atoms with Crippen molar-refractivity contribution in [2.45, 2.75) is 31.7 Å². The van der Waals surface area contributed by atoms with Gasteiger partial charge in [-0.3, -0.25) is 4.79 Å². The van der Waals surface area contributed by atoms with Crippen molar-refractivity contribution in [3.63, 3.8) is 0 Å². The number of hydrogen-bond acceptors (Lipinski definition) is 5. The molecule has 0 aliphatic rings. The van der Waals surface area contributed by atoms with E-state index in [9.17, 15) is 4.79 Å². The highest BCUT2D eigenvalue weighted by molar-refractivity contribution is 7.99.